The van der Waals surface area contributed by atoms with Crippen molar-refractivity contribution in [3.63, 3.8) is 0 Å². The van der Waals surface area contributed by atoms with Crippen molar-refractivity contribution in [3.05, 3.63) is 53.6 Å². The van der Waals surface area contributed by atoms with E-state index in [2.05, 4.69) is 16.0 Å². The molecule has 2 rings (SSSR count). The monoisotopic (exact) mass is 457 g/mol. The standard InChI is InChI=1S/C22H27N5O6/c1-12(2)33-22(31)27-17(20(29)30)10-13-7-8-16(11-18(13)32-3)25-19(28)14-5-4-6-15(9-14)26-21(23)24/h4-9,11-12,17H,10H2,1-3H3,(H,25,28)(H,27,31)(H,29,30)(H4,23,24,26). The molecule has 0 aliphatic carbocycles. The number of ether oxygens (including phenoxy) is 2. The number of carbonyl (C=O) groups is 3. The van der Waals surface area contributed by atoms with E-state index in [4.69, 9.17) is 20.6 Å². The highest BCUT2D eigenvalue weighted by atomic mass is 16.6. The Morgan fingerprint density at radius 1 is 1.09 bits per heavy atom. The number of benzene rings is 2. The summed E-state index contributed by atoms with van der Waals surface area (Å²) < 4.78 is 10.3. The van der Waals surface area contributed by atoms with Crippen LogP contribution in [-0.2, 0) is 16.0 Å². The van der Waals surface area contributed by atoms with E-state index in [0.29, 0.717) is 28.3 Å². The van der Waals surface area contributed by atoms with Crippen LogP contribution in [0.15, 0.2) is 42.5 Å². The Balaban J connectivity index is 2.15. The molecule has 0 aliphatic heterocycles. The molecule has 1 unspecified atom stereocenters. The summed E-state index contributed by atoms with van der Waals surface area (Å²) in [7, 11) is 1.41. The molecule has 2 aromatic carbocycles. The van der Waals surface area contributed by atoms with E-state index in [1.807, 2.05) is 0 Å². The molecule has 1 atom stereocenters. The maximum Gasteiger partial charge on any atom is 0.408 e. The van der Waals surface area contributed by atoms with E-state index >= 15 is 0 Å². The molecular formula is C22H27N5O6. The zero-order valence-corrected chi connectivity index (χ0v) is 18.5. The van der Waals surface area contributed by atoms with Gasteiger partial charge < -0.3 is 36.3 Å². The number of rotatable bonds is 9. The smallest absolute Gasteiger partial charge is 0.408 e. The zero-order valence-electron chi connectivity index (χ0n) is 18.5. The van der Waals surface area contributed by atoms with Crippen molar-refractivity contribution in [1.29, 1.82) is 5.41 Å². The molecule has 0 spiro atoms. The van der Waals surface area contributed by atoms with Crippen LogP contribution >= 0.6 is 0 Å². The first-order valence-corrected chi connectivity index (χ1v) is 9.98. The van der Waals surface area contributed by atoms with Crippen LogP contribution in [0, 0.1) is 5.41 Å². The number of methoxy groups -OCH3 is 1. The minimum absolute atomic E-state index is 0.0569. The first-order valence-electron chi connectivity index (χ1n) is 9.98. The predicted molar refractivity (Wildman–Crippen MR) is 123 cm³/mol. The Morgan fingerprint density at radius 2 is 1.79 bits per heavy atom. The van der Waals surface area contributed by atoms with Crippen LogP contribution in [0.25, 0.3) is 0 Å². The number of aliphatic carboxylic acids is 1. The van der Waals surface area contributed by atoms with Gasteiger partial charge >= 0.3 is 12.1 Å². The van der Waals surface area contributed by atoms with Crippen LogP contribution in [-0.4, -0.2) is 48.3 Å². The Labute approximate surface area is 190 Å². The number of carboxylic acids is 1. The summed E-state index contributed by atoms with van der Waals surface area (Å²) in [5, 5.41) is 24.4. The van der Waals surface area contributed by atoms with Gasteiger partial charge in [0.05, 0.1) is 13.2 Å². The molecule has 7 N–H and O–H groups in total. The number of amides is 2. The lowest BCUT2D eigenvalue weighted by Gasteiger charge is -2.18. The third-order valence-corrected chi connectivity index (χ3v) is 4.31. The number of nitrogens with two attached hydrogens (primary N) is 1. The summed E-state index contributed by atoms with van der Waals surface area (Å²) in [6.45, 7) is 3.31. The molecule has 0 saturated carbocycles. The fraction of sp³-hybridized carbons (Fsp3) is 0.273. The van der Waals surface area contributed by atoms with Gasteiger partial charge in [0, 0.05) is 29.4 Å². The molecule has 2 aromatic rings. The maximum atomic E-state index is 12.6. The Hall–Kier alpha value is -4.28. The number of guanidine groups is 1. The fourth-order valence-corrected chi connectivity index (χ4v) is 2.90. The van der Waals surface area contributed by atoms with Crippen molar-refractivity contribution in [3.8, 4) is 5.75 Å². The van der Waals surface area contributed by atoms with Crippen LogP contribution in [0.2, 0.25) is 0 Å². The van der Waals surface area contributed by atoms with Gasteiger partial charge in [-0.1, -0.05) is 12.1 Å². The summed E-state index contributed by atoms with van der Waals surface area (Å²) in [6.07, 6.45) is -1.28. The lowest BCUT2D eigenvalue weighted by molar-refractivity contribution is -0.139. The highest BCUT2D eigenvalue weighted by Crippen LogP contribution is 2.25. The molecule has 0 heterocycles. The molecule has 33 heavy (non-hydrogen) atoms. The molecule has 0 bridgehead atoms. The lowest BCUT2D eigenvalue weighted by Crippen LogP contribution is -2.43. The summed E-state index contributed by atoms with van der Waals surface area (Å²) in [4.78, 5) is 36.0. The molecular weight excluding hydrogens is 430 g/mol. The Morgan fingerprint density at radius 3 is 2.39 bits per heavy atom. The van der Waals surface area contributed by atoms with E-state index in [1.54, 1.807) is 56.3 Å². The highest BCUT2D eigenvalue weighted by Gasteiger charge is 2.23. The number of hydrogen-bond donors (Lipinski definition) is 6. The second kappa shape index (κ2) is 11.4. The molecule has 2 amide bonds. The van der Waals surface area contributed by atoms with Crippen molar-refractivity contribution in [2.24, 2.45) is 5.73 Å². The average Bonchev–Trinajstić information content (AvgIpc) is 2.73. The third kappa shape index (κ3) is 7.73. The van der Waals surface area contributed by atoms with Gasteiger partial charge in [0.15, 0.2) is 5.96 Å². The topological polar surface area (TPSA) is 176 Å². The minimum Gasteiger partial charge on any atom is -0.496 e. The van der Waals surface area contributed by atoms with Crippen LogP contribution in [0.5, 0.6) is 5.75 Å². The zero-order chi connectivity index (χ0) is 24.5. The molecule has 0 radical (unpaired) electrons. The van der Waals surface area contributed by atoms with Crippen LogP contribution in [0.3, 0.4) is 0 Å². The van der Waals surface area contributed by atoms with E-state index in [1.165, 1.54) is 7.11 Å². The first-order chi connectivity index (χ1) is 15.6. The van der Waals surface area contributed by atoms with Crippen LogP contribution < -0.4 is 26.4 Å². The second-order valence-electron chi connectivity index (χ2n) is 7.29. The average molecular weight is 457 g/mol. The Kier molecular flexibility index (Phi) is 8.61. The van der Waals surface area contributed by atoms with Gasteiger partial charge in [-0.3, -0.25) is 10.2 Å². The molecule has 11 heteroatoms. The number of carboxylic acid groups (broad SMARTS) is 1. The van der Waals surface area contributed by atoms with Crippen molar-refractivity contribution in [1.82, 2.24) is 5.32 Å². The number of hydrogen-bond acceptors (Lipinski definition) is 6. The van der Waals surface area contributed by atoms with Gasteiger partial charge in [-0.2, -0.15) is 0 Å². The summed E-state index contributed by atoms with van der Waals surface area (Å²) >= 11 is 0. The van der Waals surface area contributed by atoms with E-state index in [9.17, 15) is 19.5 Å². The van der Waals surface area contributed by atoms with Crippen LogP contribution in [0.1, 0.15) is 29.8 Å². The third-order valence-electron chi connectivity index (χ3n) is 4.31. The van der Waals surface area contributed by atoms with Gasteiger partial charge in [0.1, 0.15) is 11.8 Å². The van der Waals surface area contributed by atoms with Crippen molar-refractivity contribution < 1.29 is 29.0 Å². The number of nitrogens with one attached hydrogen (secondary N) is 4. The van der Waals surface area contributed by atoms with Crippen molar-refractivity contribution in [2.45, 2.75) is 32.4 Å². The molecule has 176 valence electrons. The first kappa shape index (κ1) is 25.0. The highest BCUT2D eigenvalue weighted by molar-refractivity contribution is 6.05. The van der Waals surface area contributed by atoms with E-state index in [-0.39, 0.29) is 12.4 Å². The molecule has 0 fully saturated rings. The molecule has 0 aromatic heterocycles. The van der Waals surface area contributed by atoms with E-state index in [0.717, 1.165) is 0 Å². The maximum absolute atomic E-state index is 12.6. The summed E-state index contributed by atoms with van der Waals surface area (Å²) in [6, 6.07) is 9.98. The van der Waals surface area contributed by atoms with Gasteiger partial charge in [-0.15, -0.1) is 0 Å². The second-order valence-corrected chi connectivity index (χ2v) is 7.29. The van der Waals surface area contributed by atoms with Gasteiger partial charge in [-0.25, -0.2) is 9.59 Å². The van der Waals surface area contributed by atoms with Gasteiger partial charge in [0.2, 0.25) is 0 Å². The van der Waals surface area contributed by atoms with Gasteiger partial charge in [0.25, 0.3) is 5.91 Å². The normalized spacial score (nSPS) is 11.3. The van der Waals surface area contributed by atoms with Gasteiger partial charge in [-0.05, 0) is 43.7 Å². The number of alkyl carbamates (subject to hydrolysis) is 1. The quantitative estimate of drug-likeness (QED) is 0.246. The largest absolute Gasteiger partial charge is 0.496 e. The lowest BCUT2D eigenvalue weighted by atomic mass is 10.0. The number of carbonyl (C=O) groups excluding carboxylic acids is 2. The molecule has 0 aliphatic rings. The van der Waals surface area contributed by atoms with Crippen LogP contribution in [0.4, 0.5) is 16.2 Å². The van der Waals surface area contributed by atoms with Crippen molar-refractivity contribution >= 4 is 35.3 Å². The fourth-order valence-electron chi connectivity index (χ4n) is 2.90. The SMILES string of the molecule is COc1cc(NC(=O)c2cccc(NC(=N)N)c2)ccc1CC(NC(=O)OC(C)C)C(=O)O. The predicted octanol–water partition coefficient (Wildman–Crippen LogP) is 2.38. The minimum atomic E-state index is -1.23. The van der Waals surface area contributed by atoms with Crippen molar-refractivity contribution in [2.75, 3.05) is 17.7 Å². The summed E-state index contributed by atoms with van der Waals surface area (Å²) in [5.74, 6) is -1.54. The number of anilines is 2. The Bertz CT molecular complexity index is 1040. The van der Waals surface area contributed by atoms with E-state index < -0.39 is 30.1 Å². The summed E-state index contributed by atoms with van der Waals surface area (Å²) in [5.41, 5.74) is 7.08. The molecule has 0 saturated heterocycles. The molecule has 11 nitrogen and oxygen atoms in total.